The average Bonchev–Trinajstić information content (AvgIpc) is 3.20. The quantitative estimate of drug-likeness (QED) is 0.740. The highest BCUT2D eigenvalue weighted by Gasteiger charge is 2.33. The first kappa shape index (κ1) is 20.4. The zero-order valence-electron chi connectivity index (χ0n) is 17.1. The standard InChI is InChI=1S/C21H29N3O4S/c1-16-14-20(28-22-16)17-8-9-19(27-2)21(15-17)29(25,26)24-12-10-23(11-13-24)18-6-4-3-5-7-18/h8-9,14-15,18H,3-7,10-13H2,1-2H3. The second-order valence-electron chi connectivity index (χ2n) is 7.93. The molecule has 1 saturated heterocycles. The van der Waals surface area contributed by atoms with E-state index in [1.165, 1.54) is 39.2 Å². The van der Waals surface area contributed by atoms with Gasteiger partial charge in [0.2, 0.25) is 10.0 Å². The molecule has 0 atom stereocenters. The first-order valence-corrected chi connectivity index (χ1v) is 11.8. The van der Waals surface area contributed by atoms with Crippen LogP contribution in [-0.2, 0) is 10.0 Å². The van der Waals surface area contributed by atoms with Crippen molar-refractivity contribution in [3.63, 3.8) is 0 Å². The Morgan fingerprint density at radius 2 is 1.79 bits per heavy atom. The van der Waals surface area contributed by atoms with Crippen LogP contribution in [0.2, 0.25) is 0 Å². The van der Waals surface area contributed by atoms with Gasteiger partial charge in [0.25, 0.3) is 0 Å². The predicted octanol–water partition coefficient (Wildman–Crippen LogP) is 3.30. The number of hydrogen-bond acceptors (Lipinski definition) is 6. The third kappa shape index (κ3) is 4.20. The molecular weight excluding hydrogens is 390 g/mol. The Morgan fingerprint density at radius 3 is 2.41 bits per heavy atom. The summed E-state index contributed by atoms with van der Waals surface area (Å²) in [4.78, 5) is 2.65. The van der Waals surface area contributed by atoms with Crippen molar-refractivity contribution < 1.29 is 17.7 Å². The molecule has 0 spiro atoms. The molecule has 8 heteroatoms. The average molecular weight is 420 g/mol. The fraction of sp³-hybridized carbons (Fsp3) is 0.571. The minimum atomic E-state index is -3.66. The topological polar surface area (TPSA) is 75.9 Å². The van der Waals surface area contributed by atoms with E-state index in [1.54, 1.807) is 28.6 Å². The van der Waals surface area contributed by atoms with Gasteiger partial charge in [0.05, 0.1) is 12.8 Å². The van der Waals surface area contributed by atoms with Gasteiger partial charge in [-0.3, -0.25) is 4.90 Å². The van der Waals surface area contributed by atoms with Crippen molar-refractivity contribution in [3.8, 4) is 17.1 Å². The van der Waals surface area contributed by atoms with Crippen LogP contribution in [0.25, 0.3) is 11.3 Å². The molecule has 4 rings (SSSR count). The van der Waals surface area contributed by atoms with Crippen LogP contribution in [-0.4, -0.2) is 62.1 Å². The van der Waals surface area contributed by atoms with Crippen molar-refractivity contribution in [2.45, 2.75) is 50.0 Å². The van der Waals surface area contributed by atoms with Crippen molar-refractivity contribution in [1.82, 2.24) is 14.4 Å². The van der Waals surface area contributed by atoms with E-state index < -0.39 is 10.0 Å². The lowest BCUT2D eigenvalue weighted by Gasteiger charge is -2.40. The summed E-state index contributed by atoms with van der Waals surface area (Å²) in [6.07, 6.45) is 6.37. The van der Waals surface area contributed by atoms with Crippen LogP contribution >= 0.6 is 0 Å². The van der Waals surface area contributed by atoms with Gasteiger partial charge in [-0.1, -0.05) is 24.4 Å². The van der Waals surface area contributed by atoms with Crippen LogP contribution in [0.4, 0.5) is 0 Å². The molecule has 0 unspecified atom stereocenters. The van der Waals surface area contributed by atoms with E-state index >= 15 is 0 Å². The molecule has 2 heterocycles. The minimum Gasteiger partial charge on any atom is -0.495 e. The summed E-state index contributed by atoms with van der Waals surface area (Å²) in [6, 6.07) is 7.50. The summed E-state index contributed by atoms with van der Waals surface area (Å²) in [5.41, 5.74) is 1.42. The third-order valence-corrected chi connectivity index (χ3v) is 7.98. The fourth-order valence-electron chi connectivity index (χ4n) is 4.43. The summed E-state index contributed by atoms with van der Waals surface area (Å²) in [6.45, 7) is 4.42. The Morgan fingerprint density at radius 1 is 1.07 bits per heavy atom. The fourth-order valence-corrected chi connectivity index (χ4v) is 6.03. The van der Waals surface area contributed by atoms with Gasteiger partial charge < -0.3 is 9.26 Å². The molecule has 0 amide bonds. The van der Waals surface area contributed by atoms with Gasteiger partial charge in [0.15, 0.2) is 5.76 Å². The number of benzene rings is 1. The highest BCUT2D eigenvalue weighted by atomic mass is 32.2. The molecule has 158 valence electrons. The maximum absolute atomic E-state index is 13.4. The maximum Gasteiger partial charge on any atom is 0.246 e. The molecule has 0 N–H and O–H groups in total. The van der Waals surface area contributed by atoms with Gasteiger partial charge in [-0.25, -0.2) is 8.42 Å². The Labute approximate surface area is 172 Å². The van der Waals surface area contributed by atoms with E-state index in [4.69, 9.17) is 9.26 Å². The maximum atomic E-state index is 13.4. The smallest absolute Gasteiger partial charge is 0.246 e. The third-order valence-electron chi connectivity index (χ3n) is 6.06. The lowest BCUT2D eigenvalue weighted by Crippen LogP contribution is -2.52. The summed E-state index contributed by atoms with van der Waals surface area (Å²) in [7, 11) is -2.17. The number of nitrogens with zero attached hydrogens (tertiary/aromatic N) is 3. The van der Waals surface area contributed by atoms with Crippen LogP contribution in [0.15, 0.2) is 33.7 Å². The van der Waals surface area contributed by atoms with E-state index in [-0.39, 0.29) is 4.90 Å². The minimum absolute atomic E-state index is 0.178. The van der Waals surface area contributed by atoms with Crippen molar-refractivity contribution in [1.29, 1.82) is 0 Å². The second kappa shape index (κ2) is 8.45. The van der Waals surface area contributed by atoms with Crippen molar-refractivity contribution in [2.75, 3.05) is 33.3 Å². The molecule has 0 radical (unpaired) electrons. The monoisotopic (exact) mass is 419 g/mol. The molecule has 29 heavy (non-hydrogen) atoms. The van der Waals surface area contributed by atoms with Gasteiger partial charge >= 0.3 is 0 Å². The summed E-state index contributed by atoms with van der Waals surface area (Å²) >= 11 is 0. The number of hydrogen-bond donors (Lipinski definition) is 0. The molecule has 1 aromatic heterocycles. The molecule has 2 fully saturated rings. The van der Waals surface area contributed by atoms with Crippen LogP contribution in [0.5, 0.6) is 5.75 Å². The molecule has 0 bridgehead atoms. The number of methoxy groups -OCH3 is 1. The van der Waals surface area contributed by atoms with Crippen LogP contribution < -0.4 is 4.74 Å². The number of piperazine rings is 1. The van der Waals surface area contributed by atoms with Crippen molar-refractivity contribution in [2.24, 2.45) is 0 Å². The molecule has 7 nitrogen and oxygen atoms in total. The number of ether oxygens (including phenoxy) is 1. The largest absolute Gasteiger partial charge is 0.495 e. The summed E-state index contributed by atoms with van der Waals surface area (Å²) in [5.74, 6) is 0.892. The molecule has 1 aliphatic carbocycles. The van der Waals surface area contributed by atoms with Gasteiger partial charge in [-0.05, 0) is 38.0 Å². The number of aromatic nitrogens is 1. The highest BCUT2D eigenvalue weighted by molar-refractivity contribution is 7.89. The first-order valence-electron chi connectivity index (χ1n) is 10.3. The Kier molecular flexibility index (Phi) is 5.94. The Hall–Kier alpha value is -1.90. The number of aryl methyl sites for hydroxylation is 1. The van der Waals surface area contributed by atoms with E-state index in [0.717, 1.165) is 18.8 Å². The molecular formula is C21H29N3O4S. The normalized spacial score (nSPS) is 20.1. The van der Waals surface area contributed by atoms with Gasteiger partial charge in [-0.2, -0.15) is 4.31 Å². The van der Waals surface area contributed by atoms with Crippen molar-refractivity contribution in [3.05, 3.63) is 30.0 Å². The van der Waals surface area contributed by atoms with E-state index in [0.29, 0.717) is 36.2 Å². The summed E-state index contributed by atoms with van der Waals surface area (Å²) < 4.78 is 39.1. The van der Waals surface area contributed by atoms with Gasteiger partial charge in [0, 0.05) is 43.9 Å². The molecule has 1 aromatic carbocycles. The van der Waals surface area contributed by atoms with E-state index in [9.17, 15) is 8.42 Å². The molecule has 2 aliphatic rings. The highest BCUT2D eigenvalue weighted by Crippen LogP contribution is 2.33. The zero-order valence-corrected chi connectivity index (χ0v) is 18.0. The second-order valence-corrected chi connectivity index (χ2v) is 9.84. The first-order chi connectivity index (χ1) is 14.0. The van der Waals surface area contributed by atoms with Gasteiger partial charge in [-0.15, -0.1) is 0 Å². The summed E-state index contributed by atoms with van der Waals surface area (Å²) in [5, 5.41) is 3.90. The SMILES string of the molecule is COc1ccc(-c2cc(C)no2)cc1S(=O)(=O)N1CCN(C2CCCCC2)CC1. The van der Waals surface area contributed by atoms with E-state index in [1.807, 2.05) is 6.92 Å². The predicted molar refractivity (Wildman–Crippen MR) is 110 cm³/mol. The number of sulfonamides is 1. The van der Waals surface area contributed by atoms with Crippen LogP contribution in [0.1, 0.15) is 37.8 Å². The number of rotatable bonds is 5. The molecule has 1 aliphatic heterocycles. The van der Waals surface area contributed by atoms with Crippen molar-refractivity contribution >= 4 is 10.0 Å². The van der Waals surface area contributed by atoms with Gasteiger partial charge in [0.1, 0.15) is 10.6 Å². The lowest BCUT2D eigenvalue weighted by atomic mass is 9.94. The van der Waals surface area contributed by atoms with Crippen LogP contribution in [0, 0.1) is 6.92 Å². The van der Waals surface area contributed by atoms with Crippen LogP contribution in [0.3, 0.4) is 0 Å². The molecule has 1 saturated carbocycles. The molecule has 2 aromatic rings. The Balaban J connectivity index is 1.55. The van der Waals surface area contributed by atoms with E-state index in [2.05, 4.69) is 10.1 Å². The Bertz CT molecular complexity index is 943. The lowest BCUT2D eigenvalue weighted by molar-refractivity contribution is 0.111. The zero-order chi connectivity index (χ0) is 20.4.